The number of hydrogen-bond donors (Lipinski definition) is 2. The van der Waals surface area contributed by atoms with Crippen LogP contribution in [0.25, 0.3) is 10.8 Å². The van der Waals surface area contributed by atoms with Gasteiger partial charge in [-0.3, -0.25) is 9.69 Å². The first-order valence-electron chi connectivity index (χ1n) is 9.31. The molecule has 3 rings (SSSR count). The quantitative estimate of drug-likeness (QED) is 0.625. The van der Waals surface area contributed by atoms with Crippen molar-refractivity contribution in [3.8, 4) is 0 Å². The molecule has 6 nitrogen and oxygen atoms in total. The molecule has 3 aromatic carbocycles. The first-order valence-corrected chi connectivity index (χ1v) is 10.9. The molecule has 1 amide bonds. The van der Waals surface area contributed by atoms with Crippen LogP contribution in [-0.2, 0) is 21.4 Å². The minimum atomic E-state index is -3.72. The number of nitrogens with zero attached hydrogens (tertiary/aromatic N) is 1. The van der Waals surface area contributed by atoms with Crippen LogP contribution in [-0.4, -0.2) is 32.8 Å². The lowest BCUT2D eigenvalue weighted by Crippen LogP contribution is -2.36. The molecule has 0 saturated carbocycles. The summed E-state index contributed by atoms with van der Waals surface area (Å²) in [6.07, 6.45) is 0. The van der Waals surface area contributed by atoms with Gasteiger partial charge in [0.2, 0.25) is 15.9 Å². The highest BCUT2D eigenvalue weighted by molar-refractivity contribution is 7.89. The highest BCUT2D eigenvalue weighted by Crippen LogP contribution is 2.17. The lowest BCUT2D eigenvalue weighted by atomic mass is 10.1. The third-order valence-electron chi connectivity index (χ3n) is 4.77. The van der Waals surface area contributed by atoms with Gasteiger partial charge in [0.05, 0.1) is 17.5 Å². The second-order valence-electron chi connectivity index (χ2n) is 7.26. The smallest absolute Gasteiger partial charge is 0.238 e. The normalized spacial score (nSPS) is 12.8. The van der Waals surface area contributed by atoms with Gasteiger partial charge in [-0.25, -0.2) is 13.6 Å². The molecule has 0 aromatic heterocycles. The highest BCUT2D eigenvalue weighted by Gasteiger charge is 2.14. The van der Waals surface area contributed by atoms with E-state index in [0.717, 1.165) is 11.1 Å². The fourth-order valence-electron chi connectivity index (χ4n) is 3.27. The van der Waals surface area contributed by atoms with Gasteiger partial charge in [-0.05, 0) is 54.1 Å². The number of carbonyl (C=O) groups excluding carboxylic acids is 1. The first-order chi connectivity index (χ1) is 13.7. The SMILES string of the molecule is C[C@@H](NC(=O)CN(C)Cc1ccc2ccccc2c1)c1ccc(S(N)(=O)=O)cc1. The van der Waals surface area contributed by atoms with E-state index in [1.807, 2.05) is 31.0 Å². The van der Waals surface area contributed by atoms with E-state index in [9.17, 15) is 13.2 Å². The largest absolute Gasteiger partial charge is 0.348 e. The van der Waals surface area contributed by atoms with Crippen LogP contribution in [0.5, 0.6) is 0 Å². The van der Waals surface area contributed by atoms with Crippen LogP contribution in [0.3, 0.4) is 0 Å². The van der Waals surface area contributed by atoms with Crippen LogP contribution < -0.4 is 10.5 Å². The zero-order valence-corrected chi connectivity index (χ0v) is 17.3. The number of carbonyl (C=O) groups is 1. The predicted octanol–water partition coefficient (Wildman–Crippen LogP) is 2.80. The molecular formula is C22H25N3O3S. The monoisotopic (exact) mass is 411 g/mol. The first kappa shape index (κ1) is 21.0. The summed E-state index contributed by atoms with van der Waals surface area (Å²) in [4.78, 5) is 14.4. The van der Waals surface area contributed by atoms with Gasteiger partial charge in [0.15, 0.2) is 0 Å². The number of fused-ring (bicyclic) bond motifs is 1. The Morgan fingerprint density at radius 1 is 1.03 bits per heavy atom. The predicted molar refractivity (Wildman–Crippen MR) is 115 cm³/mol. The molecule has 0 aliphatic rings. The van der Waals surface area contributed by atoms with E-state index >= 15 is 0 Å². The maximum absolute atomic E-state index is 12.4. The van der Waals surface area contributed by atoms with Crippen molar-refractivity contribution < 1.29 is 13.2 Å². The van der Waals surface area contributed by atoms with Gasteiger partial charge in [-0.15, -0.1) is 0 Å². The number of primary sulfonamides is 1. The molecule has 0 radical (unpaired) electrons. The Kier molecular flexibility index (Phi) is 6.32. The number of rotatable bonds is 7. The average molecular weight is 412 g/mol. The molecule has 29 heavy (non-hydrogen) atoms. The maximum atomic E-state index is 12.4. The molecule has 0 saturated heterocycles. The molecule has 7 heteroatoms. The number of nitrogens with two attached hydrogens (primary N) is 1. The summed E-state index contributed by atoms with van der Waals surface area (Å²) >= 11 is 0. The lowest BCUT2D eigenvalue weighted by Gasteiger charge is -2.19. The number of nitrogens with one attached hydrogen (secondary N) is 1. The molecule has 152 valence electrons. The lowest BCUT2D eigenvalue weighted by molar-refractivity contribution is -0.122. The van der Waals surface area contributed by atoms with Crippen LogP contribution in [0.1, 0.15) is 24.1 Å². The third kappa shape index (κ3) is 5.63. The van der Waals surface area contributed by atoms with Crippen LogP contribution >= 0.6 is 0 Å². The van der Waals surface area contributed by atoms with Crippen molar-refractivity contribution in [1.29, 1.82) is 0 Å². The molecule has 0 heterocycles. The number of amides is 1. The van der Waals surface area contributed by atoms with Crippen molar-refractivity contribution in [2.24, 2.45) is 5.14 Å². The fraction of sp³-hybridized carbons (Fsp3) is 0.227. The van der Waals surface area contributed by atoms with Gasteiger partial charge >= 0.3 is 0 Å². The van der Waals surface area contributed by atoms with E-state index in [0.29, 0.717) is 6.54 Å². The summed E-state index contributed by atoms with van der Waals surface area (Å²) in [6, 6.07) is 20.4. The number of benzene rings is 3. The highest BCUT2D eigenvalue weighted by atomic mass is 32.2. The van der Waals surface area contributed by atoms with Crippen molar-refractivity contribution in [3.05, 3.63) is 77.9 Å². The zero-order valence-electron chi connectivity index (χ0n) is 16.5. The van der Waals surface area contributed by atoms with Gasteiger partial charge in [-0.1, -0.05) is 48.5 Å². The molecule has 3 aromatic rings. The van der Waals surface area contributed by atoms with E-state index in [2.05, 4.69) is 35.6 Å². The minimum Gasteiger partial charge on any atom is -0.348 e. The molecular weight excluding hydrogens is 386 g/mol. The van der Waals surface area contributed by atoms with Gasteiger partial charge < -0.3 is 5.32 Å². The second kappa shape index (κ2) is 8.73. The van der Waals surface area contributed by atoms with Crippen molar-refractivity contribution in [1.82, 2.24) is 10.2 Å². The summed E-state index contributed by atoms with van der Waals surface area (Å²) in [5.41, 5.74) is 1.95. The summed E-state index contributed by atoms with van der Waals surface area (Å²) in [7, 11) is -1.82. The van der Waals surface area contributed by atoms with E-state index < -0.39 is 10.0 Å². The number of sulfonamides is 1. The van der Waals surface area contributed by atoms with E-state index in [1.165, 1.54) is 22.9 Å². The molecule has 3 N–H and O–H groups in total. The fourth-order valence-corrected chi connectivity index (χ4v) is 3.78. The summed E-state index contributed by atoms with van der Waals surface area (Å²) in [5.74, 6) is -0.101. The van der Waals surface area contributed by atoms with Crippen molar-refractivity contribution in [2.75, 3.05) is 13.6 Å². The zero-order chi connectivity index (χ0) is 21.0. The van der Waals surface area contributed by atoms with Crippen LogP contribution in [0, 0.1) is 0 Å². The van der Waals surface area contributed by atoms with Gasteiger partial charge in [0.1, 0.15) is 0 Å². The van der Waals surface area contributed by atoms with Crippen molar-refractivity contribution in [2.45, 2.75) is 24.4 Å². The maximum Gasteiger partial charge on any atom is 0.238 e. The van der Waals surface area contributed by atoms with E-state index in [-0.39, 0.29) is 23.4 Å². The molecule has 0 bridgehead atoms. The molecule has 1 atom stereocenters. The molecule has 0 aliphatic carbocycles. The summed E-state index contributed by atoms with van der Waals surface area (Å²) in [6.45, 7) is 2.77. The summed E-state index contributed by atoms with van der Waals surface area (Å²) in [5, 5.41) is 10.4. The minimum absolute atomic E-state index is 0.0508. The average Bonchev–Trinajstić information content (AvgIpc) is 2.67. The Labute approximate surface area is 171 Å². The van der Waals surface area contributed by atoms with E-state index in [1.54, 1.807) is 12.1 Å². The van der Waals surface area contributed by atoms with Gasteiger partial charge in [0.25, 0.3) is 0 Å². The molecule has 0 spiro atoms. The standard InChI is InChI=1S/C22H25N3O3S/c1-16(18-9-11-21(12-10-18)29(23,27)28)24-22(26)15-25(2)14-17-7-8-19-5-3-4-6-20(19)13-17/h3-13,16H,14-15H2,1-2H3,(H,24,26)(H2,23,27,28)/t16-/m1/s1. The van der Waals surface area contributed by atoms with Crippen LogP contribution in [0.2, 0.25) is 0 Å². The van der Waals surface area contributed by atoms with Gasteiger partial charge in [-0.2, -0.15) is 0 Å². The Morgan fingerprint density at radius 3 is 2.34 bits per heavy atom. The van der Waals surface area contributed by atoms with E-state index in [4.69, 9.17) is 5.14 Å². The summed E-state index contributed by atoms with van der Waals surface area (Å²) < 4.78 is 22.7. The topological polar surface area (TPSA) is 92.5 Å². The van der Waals surface area contributed by atoms with Crippen LogP contribution in [0.4, 0.5) is 0 Å². The van der Waals surface area contributed by atoms with Gasteiger partial charge in [0, 0.05) is 6.54 Å². The molecule has 0 fully saturated rings. The molecule has 0 aliphatic heterocycles. The Bertz CT molecular complexity index is 1110. The van der Waals surface area contributed by atoms with Crippen LogP contribution in [0.15, 0.2) is 71.6 Å². The Hall–Kier alpha value is -2.74. The number of likely N-dealkylation sites (N-methyl/N-ethyl adjacent to an activating group) is 1. The number of hydrogen-bond acceptors (Lipinski definition) is 4. The Morgan fingerprint density at radius 2 is 1.69 bits per heavy atom. The van der Waals surface area contributed by atoms with Crippen molar-refractivity contribution in [3.63, 3.8) is 0 Å². The Balaban J connectivity index is 1.56. The molecule has 0 unspecified atom stereocenters. The third-order valence-corrected chi connectivity index (χ3v) is 5.70. The van der Waals surface area contributed by atoms with Crippen molar-refractivity contribution >= 4 is 26.7 Å². The second-order valence-corrected chi connectivity index (χ2v) is 8.82.